The van der Waals surface area contributed by atoms with Gasteiger partial charge in [0.25, 0.3) is 0 Å². The highest BCUT2D eigenvalue weighted by Crippen LogP contribution is 2.75. The van der Waals surface area contributed by atoms with Gasteiger partial charge in [-0.1, -0.05) is 66.2 Å². The van der Waals surface area contributed by atoms with E-state index in [0.29, 0.717) is 30.3 Å². The van der Waals surface area contributed by atoms with Gasteiger partial charge in [-0.3, -0.25) is 0 Å². The van der Waals surface area contributed by atoms with Gasteiger partial charge >= 0.3 is 5.97 Å². The first-order chi connectivity index (χ1) is 18.9. The van der Waals surface area contributed by atoms with Crippen LogP contribution in [0, 0.1) is 50.2 Å². The third-order valence-corrected chi connectivity index (χ3v) is 14.3. The molecule has 5 rings (SSSR count). The Labute approximate surface area is 247 Å². The SMILES string of the molecule is C/C=C(\C)C(=O)O[C@H]1[C@H](O)[C@]2(CO)[C@H](O)C[C@]3(C)C(=CC[C@@H]4[C@@]5(C)CC[C@@H](O)C(C)(C)[C@@H]5CC[C@]43C)[C@@H]2CC1(C)C. The number of hydrogen-bond acceptors (Lipinski definition) is 6. The van der Waals surface area contributed by atoms with E-state index in [4.69, 9.17) is 4.74 Å². The zero-order valence-corrected chi connectivity index (χ0v) is 27.0. The van der Waals surface area contributed by atoms with E-state index in [0.717, 1.165) is 32.1 Å². The minimum atomic E-state index is -1.20. The molecule has 0 aromatic carbocycles. The van der Waals surface area contributed by atoms with Crippen molar-refractivity contribution in [1.82, 2.24) is 0 Å². The Morgan fingerprint density at radius 3 is 2.24 bits per heavy atom. The Morgan fingerprint density at radius 1 is 0.976 bits per heavy atom. The van der Waals surface area contributed by atoms with E-state index in [-0.39, 0.29) is 40.3 Å². The van der Waals surface area contributed by atoms with Gasteiger partial charge in [0.15, 0.2) is 0 Å². The summed E-state index contributed by atoms with van der Waals surface area (Å²) in [7, 11) is 0. The summed E-state index contributed by atoms with van der Waals surface area (Å²) in [4.78, 5) is 12.8. The molecule has 0 bridgehead atoms. The number of esters is 1. The smallest absolute Gasteiger partial charge is 0.333 e. The van der Waals surface area contributed by atoms with Gasteiger partial charge in [0.05, 0.1) is 24.2 Å². The number of fused-ring (bicyclic) bond motifs is 7. The second-order valence-corrected chi connectivity index (χ2v) is 16.6. The van der Waals surface area contributed by atoms with Crippen molar-refractivity contribution in [2.75, 3.05) is 6.61 Å². The van der Waals surface area contributed by atoms with Crippen LogP contribution in [0.15, 0.2) is 23.3 Å². The normalized spacial score (nSPS) is 50.4. The highest BCUT2D eigenvalue weighted by molar-refractivity contribution is 5.87. The number of aliphatic hydroxyl groups is 4. The number of carbonyl (C=O) groups is 1. The number of rotatable bonds is 3. The molecule has 6 nitrogen and oxygen atoms in total. The number of aliphatic hydroxyl groups excluding tert-OH is 4. The van der Waals surface area contributed by atoms with Crippen molar-refractivity contribution in [1.29, 1.82) is 0 Å². The third-order valence-electron chi connectivity index (χ3n) is 14.3. The van der Waals surface area contributed by atoms with Gasteiger partial charge in [-0.2, -0.15) is 0 Å². The number of allylic oxidation sites excluding steroid dienone is 3. The summed E-state index contributed by atoms with van der Waals surface area (Å²) < 4.78 is 5.94. The molecule has 11 atom stereocenters. The quantitative estimate of drug-likeness (QED) is 0.200. The predicted molar refractivity (Wildman–Crippen MR) is 160 cm³/mol. The molecule has 0 aromatic heterocycles. The zero-order chi connectivity index (χ0) is 30.6. The molecule has 0 amide bonds. The van der Waals surface area contributed by atoms with E-state index < -0.39 is 35.1 Å². The van der Waals surface area contributed by atoms with Crippen LogP contribution in [0.2, 0.25) is 0 Å². The van der Waals surface area contributed by atoms with Crippen molar-refractivity contribution < 1.29 is 30.0 Å². The molecule has 232 valence electrons. The van der Waals surface area contributed by atoms with Crippen LogP contribution in [0.1, 0.15) is 107 Å². The lowest BCUT2D eigenvalue weighted by atomic mass is 9.33. The van der Waals surface area contributed by atoms with E-state index in [1.807, 2.05) is 13.8 Å². The third kappa shape index (κ3) is 3.92. The number of carbonyl (C=O) groups excluding carboxylic acids is 1. The van der Waals surface area contributed by atoms with Crippen LogP contribution in [0.5, 0.6) is 0 Å². The number of hydrogen-bond donors (Lipinski definition) is 4. The largest absolute Gasteiger partial charge is 0.456 e. The average molecular weight is 573 g/mol. The summed E-state index contributed by atoms with van der Waals surface area (Å²) in [5, 5.41) is 46.1. The molecule has 4 saturated carbocycles. The van der Waals surface area contributed by atoms with Crippen LogP contribution >= 0.6 is 0 Å². The van der Waals surface area contributed by atoms with E-state index in [1.54, 1.807) is 19.9 Å². The summed E-state index contributed by atoms with van der Waals surface area (Å²) in [6, 6.07) is 0. The molecule has 41 heavy (non-hydrogen) atoms. The summed E-state index contributed by atoms with van der Waals surface area (Å²) in [6.45, 7) is 18.9. The molecule has 6 heteroatoms. The monoisotopic (exact) mass is 572 g/mol. The average Bonchev–Trinajstić information content (AvgIpc) is 2.88. The van der Waals surface area contributed by atoms with Crippen molar-refractivity contribution in [2.45, 2.75) is 132 Å². The zero-order valence-electron chi connectivity index (χ0n) is 27.0. The molecule has 0 aromatic rings. The van der Waals surface area contributed by atoms with Crippen LogP contribution in [0.25, 0.3) is 0 Å². The maximum atomic E-state index is 12.8. The summed E-state index contributed by atoms with van der Waals surface area (Å²) in [6.07, 6.45) is 6.77. The maximum Gasteiger partial charge on any atom is 0.333 e. The molecular weight excluding hydrogens is 516 g/mol. The van der Waals surface area contributed by atoms with Crippen LogP contribution in [-0.4, -0.2) is 57.4 Å². The van der Waals surface area contributed by atoms with Crippen LogP contribution < -0.4 is 0 Å². The predicted octanol–water partition coefficient (Wildman–Crippen LogP) is 5.57. The van der Waals surface area contributed by atoms with E-state index in [1.165, 1.54) is 5.57 Å². The van der Waals surface area contributed by atoms with E-state index in [9.17, 15) is 25.2 Å². The highest BCUT2D eigenvalue weighted by Gasteiger charge is 2.72. The van der Waals surface area contributed by atoms with Crippen molar-refractivity contribution in [3.63, 3.8) is 0 Å². The van der Waals surface area contributed by atoms with E-state index in [2.05, 4.69) is 40.7 Å². The molecule has 5 aliphatic carbocycles. The topological polar surface area (TPSA) is 107 Å². The lowest BCUT2D eigenvalue weighted by molar-refractivity contribution is -0.260. The van der Waals surface area contributed by atoms with Crippen molar-refractivity contribution in [3.8, 4) is 0 Å². The summed E-state index contributed by atoms with van der Waals surface area (Å²) in [5.41, 5.74) is -0.416. The molecule has 0 saturated heterocycles. The Hall–Kier alpha value is -1.21. The van der Waals surface area contributed by atoms with E-state index >= 15 is 0 Å². The molecule has 0 aliphatic heterocycles. The first-order valence-electron chi connectivity index (χ1n) is 16.1. The minimum absolute atomic E-state index is 0.0647. The fourth-order valence-corrected chi connectivity index (χ4v) is 11.4. The van der Waals surface area contributed by atoms with Crippen molar-refractivity contribution in [2.24, 2.45) is 50.2 Å². The maximum absolute atomic E-state index is 12.8. The van der Waals surface area contributed by atoms with Gasteiger partial charge in [-0.25, -0.2) is 4.79 Å². The van der Waals surface area contributed by atoms with Gasteiger partial charge in [-0.15, -0.1) is 0 Å². The molecular formula is C35H56O6. The van der Waals surface area contributed by atoms with Gasteiger partial charge in [0.1, 0.15) is 12.2 Å². The molecule has 4 fully saturated rings. The molecule has 0 unspecified atom stereocenters. The standard InChI is InChI=1S/C35H56O6/c1-10-20(2)29(40)41-28-27(39)35(19-36)22(17-30(28,3)4)21-11-12-24-32(7)15-14-25(37)31(5,6)23(32)13-16-33(24,8)34(21,9)18-26(35)38/h10-11,22-28,36-39H,12-19H2,1-9H3/b20-10+/t22-,23-,24+,25+,26+,27-,28-,32-,33+,34+,35-/m0/s1. The molecule has 0 spiro atoms. The molecule has 0 radical (unpaired) electrons. The second kappa shape index (κ2) is 9.64. The van der Waals surface area contributed by atoms with Crippen molar-refractivity contribution in [3.05, 3.63) is 23.3 Å². The van der Waals surface area contributed by atoms with Gasteiger partial charge in [0.2, 0.25) is 0 Å². The van der Waals surface area contributed by atoms with Crippen LogP contribution in [-0.2, 0) is 9.53 Å². The molecule has 5 aliphatic rings. The van der Waals surface area contributed by atoms with Crippen LogP contribution in [0.4, 0.5) is 0 Å². The summed E-state index contributed by atoms with van der Waals surface area (Å²) >= 11 is 0. The first-order valence-corrected chi connectivity index (χ1v) is 16.1. The second-order valence-electron chi connectivity index (χ2n) is 16.6. The molecule has 0 heterocycles. The number of ether oxygens (including phenoxy) is 1. The van der Waals surface area contributed by atoms with Gasteiger partial charge in [-0.05, 0) is 98.2 Å². The van der Waals surface area contributed by atoms with Crippen LogP contribution in [0.3, 0.4) is 0 Å². The fourth-order valence-electron chi connectivity index (χ4n) is 11.4. The Morgan fingerprint density at radius 2 is 1.63 bits per heavy atom. The van der Waals surface area contributed by atoms with Gasteiger partial charge in [0, 0.05) is 11.0 Å². The fraction of sp³-hybridized carbons (Fsp3) is 0.857. The minimum Gasteiger partial charge on any atom is -0.456 e. The molecule has 4 N–H and O–H groups in total. The van der Waals surface area contributed by atoms with Crippen molar-refractivity contribution >= 4 is 5.97 Å². The Balaban J connectivity index is 1.58. The Bertz CT molecular complexity index is 1140. The lowest BCUT2D eigenvalue weighted by Crippen LogP contribution is -2.72. The summed E-state index contributed by atoms with van der Waals surface area (Å²) in [5.74, 6) is 0.162. The highest BCUT2D eigenvalue weighted by atomic mass is 16.6. The Kier molecular flexibility index (Phi) is 7.34. The van der Waals surface area contributed by atoms with Gasteiger partial charge < -0.3 is 25.2 Å². The first kappa shape index (κ1) is 31.2. The lowest BCUT2D eigenvalue weighted by Gasteiger charge is -2.72.